The second kappa shape index (κ2) is 5.71. The highest BCUT2D eigenvalue weighted by Gasteiger charge is 2.47. The predicted octanol–water partition coefficient (Wildman–Crippen LogP) is 3.33. The van der Waals surface area contributed by atoms with E-state index in [0.29, 0.717) is 12.5 Å². The molecule has 1 aliphatic rings. The fourth-order valence-electron chi connectivity index (χ4n) is 3.61. The molecule has 1 fully saturated rings. The van der Waals surface area contributed by atoms with Crippen LogP contribution in [0.5, 0.6) is 0 Å². The molecule has 0 aliphatic heterocycles. The van der Waals surface area contributed by atoms with Crippen LogP contribution in [0.15, 0.2) is 0 Å². The minimum Gasteiger partial charge on any atom is -0.390 e. The van der Waals surface area contributed by atoms with Crippen molar-refractivity contribution >= 4 is 0 Å². The quantitative estimate of drug-likeness (QED) is 0.775. The zero-order valence-corrected chi connectivity index (χ0v) is 12.1. The van der Waals surface area contributed by atoms with Crippen molar-refractivity contribution in [1.29, 1.82) is 0 Å². The molecule has 1 atom stereocenters. The third-order valence-corrected chi connectivity index (χ3v) is 4.98. The van der Waals surface area contributed by atoms with Crippen LogP contribution in [-0.2, 0) is 0 Å². The maximum Gasteiger partial charge on any atom is 0.0690 e. The van der Waals surface area contributed by atoms with E-state index in [9.17, 15) is 5.11 Å². The van der Waals surface area contributed by atoms with Crippen molar-refractivity contribution in [2.75, 3.05) is 6.54 Å². The van der Waals surface area contributed by atoms with Crippen LogP contribution in [0.3, 0.4) is 0 Å². The average Bonchev–Trinajstić information content (AvgIpc) is 2.27. The highest BCUT2D eigenvalue weighted by Crippen LogP contribution is 2.48. The minimum absolute atomic E-state index is 0.0387. The Morgan fingerprint density at radius 2 is 1.88 bits per heavy atom. The number of aliphatic hydroxyl groups is 1. The number of rotatable bonds is 5. The number of nitrogens with two attached hydrogens (primary N) is 1. The first-order valence-electron chi connectivity index (χ1n) is 7.29. The van der Waals surface area contributed by atoms with Crippen molar-refractivity contribution in [2.24, 2.45) is 23.0 Å². The Labute approximate surface area is 107 Å². The van der Waals surface area contributed by atoms with Crippen molar-refractivity contribution in [3.05, 3.63) is 0 Å². The molecule has 2 nitrogen and oxygen atoms in total. The van der Waals surface area contributed by atoms with Gasteiger partial charge in [-0.25, -0.2) is 0 Å². The molecule has 0 heterocycles. The van der Waals surface area contributed by atoms with Gasteiger partial charge in [0.2, 0.25) is 0 Å². The average molecular weight is 241 g/mol. The summed E-state index contributed by atoms with van der Waals surface area (Å²) in [5.74, 6) is 1.38. The van der Waals surface area contributed by atoms with Crippen LogP contribution < -0.4 is 5.73 Å². The van der Waals surface area contributed by atoms with Gasteiger partial charge < -0.3 is 10.8 Å². The van der Waals surface area contributed by atoms with E-state index in [1.165, 1.54) is 19.3 Å². The lowest BCUT2D eigenvalue weighted by atomic mass is 9.60. The van der Waals surface area contributed by atoms with E-state index in [1.54, 1.807) is 0 Å². The third-order valence-electron chi connectivity index (χ3n) is 4.98. The first kappa shape index (κ1) is 15.0. The Morgan fingerprint density at radius 3 is 2.24 bits per heavy atom. The highest BCUT2D eigenvalue weighted by molar-refractivity contribution is 4.99. The Balaban J connectivity index is 2.75. The van der Waals surface area contributed by atoms with Crippen molar-refractivity contribution in [3.8, 4) is 0 Å². The maximum absolute atomic E-state index is 10.8. The van der Waals surface area contributed by atoms with Gasteiger partial charge in [0, 0.05) is 12.0 Å². The zero-order chi connectivity index (χ0) is 13.1. The van der Waals surface area contributed by atoms with Crippen molar-refractivity contribution < 1.29 is 5.11 Å². The van der Waals surface area contributed by atoms with Crippen LogP contribution in [0.4, 0.5) is 0 Å². The normalized spacial score (nSPS) is 33.7. The maximum atomic E-state index is 10.8. The number of hydrogen-bond acceptors (Lipinski definition) is 2. The molecule has 0 aromatic rings. The van der Waals surface area contributed by atoms with E-state index in [0.717, 1.165) is 25.2 Å². The monoisotopic (exact) mass is 241 g/mol. The first-order chi connectivity index (χ1) is 7.87. The molecule has 0 aromatic heterocycles. The van der Waals surface area contributed by atoms with Crippen LogP contribution >= 0.6 is 0 Å². The summed E-state index contributed by atoms with van der Waals surface area (Å²) in [6, 6.07) is 0. The Kier molecular flexibility index (Phi) is 5.03. The molecule has 0 amide bonds. The van der Waals surface area contributed by atoms with Crippen molar-refractivity contribution in [3.63, 3.8) is 0 Å². The molecule has 102 valence electrons. The Morgan fingerprint density at radius 1 is 1.35 bits per heavy atom. The molecule has 0 saturated heterocycles. The minimum atomic E-state index is -0.603. The van der Waals surface area contributed by atoms with Gasteiger partial charge in [0.25, 0.3) is 0 Å². The molecule has 1 rings (SSSR count). The largest absolute Gasteiger partial charge is 0.390 e. The summed E-state index contributed by atoms with van der Waals surface area (Å²) >= 11 is 0. The van der Waals surface area contributed by atoms with Gasteiger partial charge in [-0.2, -0.15) is 0 Å². The third kappa shape index (κ3) is 3.23. The molecule has 0 radical (unpaired) electrons. The Hall–Kier alpha value is -0.0800. The van der Waals surface area contributed by atoms with Gasteiger partial charge in [-0.05, 0) is 50.9 Å². The van der Waals surface area contributed by atoms with Crippen LogP contribution in [0.2, 0.25) is 0 Å². The zero-order valence-electron chi connectivity index (χ0n) is 12.1. The first-order valence-corrected chi connectivity index (χ1v) is 7.29. The molecule has 0 spiro atoms. The smallest absolute Gasteiger partial charge is 0.0690 e. The lowest BCUT2D eigenvalue weighted by Crippen LogP contribution is -2.53. The molecular formula is C15H31NO. The van der Waals surface area contributed by atoms with E-state index < -0.39 is 5.60 Å². The summed E-state index contributed by atoms with van der Waals surface area (Å²) in [6.45, 7) is 9.26. The fourth-order valence-corrected chi connectivity index (χ4v) is 3.61. The van der Waals surface area contributed by atoms with Crippen LogP contribution in [0.1, 0.15) is 66.2 Å². The van der Waals surface area contributed by atoms with Crippen LogP contribution in [-0.4, -0.2) is 17.3 Å². The van der Waals surface area contributed by atoms with Gasteiger partial charge >= 0.3 is 0 Å². The molecule has 0 aromatic carbocycles. The molecule has 1 unspecified atom stereocenters. The SMILES string of the molecule is CCC1CCC(CN)(C(C)(O)CC(C)C)CC1. The molecule has 1 saturated carbocycles. The molecule has 3 N–H and O–H groups in total. The van der Waals surface area contributed by atoms with E-state index in [4.69, 9.17) is 5.73 Å². The second-order valence-electron chi connectivity index (χ2n) is 6.71. The molecular weight excluding hydrogens is 210 g/mol. The highest BCUT2D eigenvalue weighted by atomic mass is 16.3. The molecule has 0 bridgehead atoms. The summed E-state index contributed by atoms with van der Waals surface area (Å²) in [4.78, 5) is 0. The van der Waals surface area contributed by atoms with Gasteiger partial charge in [0.05, 0.1) is 5.60 Å². The predicted molar refractivity (Wildman–Crippen MR) is 73.8 cm³/mol. The van der Waals surface area contributed by atoms with E-state index in [-0.39, 0.29) is 5.41 Å². The van der Waals surface area contributed by atoms with Crippen LogP contribution in [0.25, 0.3) is 0 Å². The summed E-state index contributed by atoms with van der Waals surface area (Å²) in [5.41, 5.74) is 5.39. The summed E-state index contributed by atoms with van der Waals surface area (Å²) in [5, 5.41) is 10.8. The second-order valence-corrected chi connectivity index (χ2v) is 6.71. The fraction of sp³-hybridized carbons (Fsp3) is 1.00. The lowest BCUT2D eigenvalue weighted by molar-refractivity contribution is -0.103. The standard InChI is InChI=1S/C15H31NO/c1-5-13-6-8-15(11-16,9-7-13)14(4,17)10-12(2)3/h12-13,17H,5-11,16H2,1-4H3. The summed E-state index contributed by atoms with van der Waals surface area (Å²) < 4.78 is 0. The van der Waals surface area contributed by atoms with Crippen LogP contribution in [0, 0.1) is 17.3 Å². The van der Waals surface area contributed by atoms with E-state index in [2.05, 4.69) is 20.8 Å². The Bertz CT molecular complexity index is 227. The van der Waals surface area contributed by atoms with E-state index >= 15 is 0 Å². The van der Waals surface area contributed by atoms with Crippen molar-refractivity contribution in [1.82, 2.24) is 0 Å². The van der Waals surface area contributed by atoms with Gasteiger partial charge in [0.15, 0.2) is 0 Å². The van der Waals surface area contributed by atoms with Crippen molar-refractivity contribution in [2.45, 2.75) is 71.8 Å². The molecule has 17 heavy (non-hydrogen) atoms. The van der Waals surface area contributed by atoms with Gasteiger partial charge in [0.1, 0.15) is 0 Å². The summed E-state index contributed by atoms with van der Waals surface area (Å²) in [6.07, 6.45) is 6.81. The number of hydrogen-bond donors (Lipinski definition) is 2. The van der Waals surface area contributed by atoms with Gasteiger partial charge in [-0.3, -0.25) is 0 Å². The van der Waals surface area contributed by atoms with E-state index in [1.807, 2.05) is 6.92 Å². The van der Waals surface area contributed by atoms with Gasteiger partial charge in [-0.1, -0.05) is 27.2 Å². The topological polar surface area (TPSA) is 46.2 Å². The molecule has 2 heteroatoms. The molecule has 1 aliphatic carbocycles. The lowest BCUT2D eigenvalue weighted by Gasteiger charge is -2.49. The van der Waals surface area contributed by atoms with Gasteiger partial charge in [-0.15, -0.1) is 0 Å². The summed E-state index contributed by atoms with van der Waals surface area (Å²) in [7, 11) is 0.